The normalized spacial score (nSPS) is 11.0. The van der Waals surface area contributed by atoms with Gasteiger partial charge in [0, 0.05) is 25.2 Å². The Bertz CT molecular complexity index is 237. The van der Waals surface area contributed by atoms with Crippen molar-refractivity contribution in [3.63, 3.8) is 0 Å². The second-order valence-corrected chi connectivity index (χ2v) is 3.47. The Morgan fingerprint density at radius 2 is 2.42 bits per heavy atom. The zero-order valence-electron chi connectivity index (χ0n) is 7.09. The molecule has 12 heavy (non-hydrogen) atoms. The molecule has 1 aromatic heterocycles. The SMILES string of the molecule is CN(CCN)Cc1ccoc1Br. The first-order valence-corrected chi connectivity index (χ1v) is 4.64. The van der Waals surface area contributed by atoms with Crippen LogP contribution in [0.3, 0.4) is 0 Å². The Labute approximate surface area is 80.7 Å². The van der Waals surface area contributed by atoms with E-state index in [1.807, 2.05) is 13.1 Å². The van der Waals surface area contributed by atoms with Gasteiger partial charge in [-0.3, -0.25) is 0 Å². The molecule has 0 saturated heterocycles. The van der Waals surface area contributed by atoms with Crippen LogP contribution in [0.5, 0.6) is 0 Å². The fourth-order valence-corrected chi connectivity index (χ4v) is 1.39. The molecular weight excluding hydrogens is 220 g/mol. The van der Waals surface area contributed by atoms with Crippen molar-refractivity contribution in [2.24, 2.45) is 5.73 Å². The highest BCUT2D eigenvalue weighted by molar-refractivity contribution is 9.10. The Hall–Kier alpha value is -0.320. The Kier molecular flexibility index (Phi) is 3.78. The van der Waals surface area contributed by atoms with Crippen LogP contribution in [0.1, 0.15) is 5.56 Å². The molecular formula is C8H13BrN2O. The lowest BCUT2D eigenvalue weighted by Crippen LogP contribution is -2.24. The zero-order chi connectivity index (χ0) is 8.97. The third-order valence-electron chi connectivity index (χ3n) is 1.64. The molecule has 0 aliphatic heterocycles. The van der Waals surface area contributed by atoms with Crippen LogP contribution in [0.15, 0.2) is 21.4 Å². The van der Waals surface area contributed by atoms with Gasteiger partial charge in [0.1, 0.15) is 0 Å². The number of nitrogens with two attached hydrogens (primary N) is 1. The molecule has 0 aliphatic rings. The van der Waals surface area contributed by atoms with Gasteiger partial charge in [-0.05, 0) is 29.0 Å². The summed E-state index contributed by atoms with van der Waals surface area (Å²) in [7, 11) is 2.03. The zero-order valence-corrected chi connectivity index (χ0v) is 8.67. The first-order valence-electron chi connectivity index (χ1n) is 3.84. The summed E-state index contributed by atoms with van der Waals surface area (Å²) in [6.45, 7) is 2.46. The van der Waals surface area contributed by atoms with Crippen LogP contribution in [0, 0.1) is 0 Å². The Morgan fingerprint density at radius 1 is 1.67 bits per heavy atom. The number of furan rings is 1. The molecule has 0 amide bonds. The summed E-state index contributed by atoms with van der Waals surface area (Å²) in [6.07, 6.45) is 1.68. The molecule has 0 spiro atoms. The maximum atomic E-state index is 5.42. The molecule has 0 radical (unpaired) electrons. The van der Waals surface area contributed by atoms with Crippen LogP contribution in [0.25, 0.3) is 0 Å². The van der Waals surface area contributed by atoms with E-state index in [1.54, 1.807) is 6.26 Å². The number of hydrogen-bond donors (Lipinski definition) is 1. The lowest BCUT2D eigenvalue weighted by molar-refractivity contribution is 0.333. The van der Waals surface area contributed by atoms with Crippen molar-refractivity contribution in [1.82, 2.24) is 4.90 Å². The molecule has 1 rings (SSSR count). The minimum absolute atomic E-state index is 0.686. The van der Waals surface area contributed by atoms with E-state index in [-0.39, 0.29) is 0 Å². The van der Waals surface area contributed by atoms with E-state index >= 15 is 0 Å². The van der Waals surface area contributed by atoms with Crippen LogP contribution in [0.2, 0.25) is 0 Å². The van der Waals surface area contributed by atoms with Crippen molar-refractivity contribution in [3.05, 3.63) is 22.6 Å². The van der Waals surface area contributed by atoms with Gasteiger partial charge in [0.2, 0.25) is 0 Å². The van der Waals surface area contributed by atoms with Crippen molar-refractivity contribution in [2.75, 3.05) is 20.1 Å². The van der Waals surface area contributed by atoms with Crippen molar-refractivity contribution < 1.29 is 4.42 Å². The number of rotatable bonds is 4. The number of nitrogens with zero attached hydrogens (tertiary/aromatic N) is 1. The highest BCUT2D eigenvalue weighted by Gasteiger charge is 2.04. The fourth-order valence-electron chi connectivity index (χ4n) is 1.02. The van der Waals surface area contributed by atoms with Crippen LogP contribution in [0.4, 0.5) is 0 Å². The van der Waals surface area contributed by atoms with Gasteiger partial charge in [-0.1, -0.05) is 0 Å². The highest BCUT2D eigenvalue weighted by Crippen LogP contribution is 2.18. The predicted octanol–water partition coefficient (Wildman–Crippen LogP) is 1.43. The minimum Gasteiger partial charge on any atom is -0.457 e. The molecule has 2 N–H and O–H groups in total. The van der Waals surface area contributed by atoms with E-state index in [9.17, 15) is 0 Å². The monoisotopic (exact) mass is 232 g/mol. The van der Waals surface area contributed by atoms with Gasteiger partial charge in [-0.25, -0.2) is 0 Å². The average molecular weight is 233 g/mol. The summed E-state index contributed by atoms with van der Waals surface area (Å²) >= 11 is 3.32. The van der Waals surface area contributed by atoms with Gasteiger partial charge in [0.05, 0.1) is 6.26 Å². The Balaban J connectivity index is 2.46. The lowest BCUT2D eigenvalue weighted by atomic mass is 10.3. The third-order valence-corrected chi connectivity index (χ3v) is 2.34. The second-order valence-electron chi connectivity index (χ2n) is 2.75. The number of likely N-dealkylation sites (N-methyl/N-ethyl adjacent to an activating group) is 1. The summed E-state index contributed by atoms with van der Waals surface area (Å²) in [6, 6.07) is 1.96. The van der Waals surface area contributed by atoms with Gasteiger partial charge >= 0.3 is 0 Å². The fraction of sp³-hybridized carbons (Fsp3) is 0.500. The molecule has 1 heterocycles. The standard InChI is InChI=1S/C8H13BrN2O/c1-11(4-3-10)6-7-2-5-12-8(7)9/h2,5H,3-4,6,10H2,1H3. The molecule has 0 aromatic carbocycles. The maximum Gasteiger partial charge on any atom is 0.173 e. The lowest BCUT2D eigenvalue weighted by Gasteiger charge is -2.13. The van der Waals surface area contributed by atoms with Crippen LogP contribution in [-0.2, 0) is 6.54 Å². The first-order chi connectivity index (χ1) is 5.74. The van der Waals surface area contributed by atoms with Gasteiger partial charge in [-0.2, -0.15) is 0 Å². The molecule has 4 heteroatoms. The van der Waals surface area contributed by atoms with Crippen molar-refractivity contribution in [1.29, 1.82) is 0 Å². The molecule has 0 atom stereocenters. The summed E-state index contributed by atoms with van der Waals surface area (Å²) in [5.74, 6) is 0. The van der Waals surface area contributed by atoms with Crippen molar-refractivity contribution >= 4 is 15.9 Å². The summed E-state index contributed by atoms with van der Waals surface area (Å²) in [5, 5.41) is 0. The number of hydrogen-bond acceptors (Lipinski definition) is 3. The van der Waals surface area contributed by atoms with Gasteiger partial charge in [-0.15, -0.1) is 0 Å². The molecule has 0 saturated carbocycles. The summed E-state index contributed by atoms with van der Waals surface area (Å²) < 4.78 is 5.91. The van der Waals surface area contributed by atoms with E-state index in [1.165, 1.54) is 0 Å². The molecule has 1 aromatic rings. The van der Waals surface area contributed by atoms with E-state index in [4.69, 9.17) is 10.2 Å². The van der Waals surface area contributed by atoms with Gasteiger partial charge in [0.25, 0.3) is 0 Å². The van der Waals surface area contributed by atoms with Crippen LogP contribution < -0.4 is 5.73 Å². The van der Waals surface area contributed by atoms with Crippen molar-refractivity contribution in [3.8, 4) is 0 Å². The smallest absolute Gasteiger partial charge is 0.173 e. The molecule has 0 aliphatic carbocycles. The van der Waals surface area contributed by atoms with Crippen LogP contribution in [-0.4, -0.2) is 25.0 Å². The van der Waals surface area contributed by atoms with Crippen LogP contribution >= 0.6 is 15.9 Å². The topological polar surface area (TPSA) is 42.4 Å². The van der Waals surface area contributed by atoms with E-state index in [0.717, 1.165) is 23.3 Å². The maximum absolute atomic E-state index is 5.42. The third kappa shape index (κ3) is 2.62. The molecule has 0 unspecified atom stereocenters. The van der Waals surface area contributed by atoms with Gasteiger partial charge < -0.3 is 15.1 Å². The van der Waals surface area contributed by atoms with E-state index in [2.05, 4.69) is 20.8 Å². The molecule has 0 fully saturated rings. The van der Waals surface area contributed by atoms with Crippen molar-refractivity contribution in [2.45, 2.75) is 6.54 Å². The minimum atomic E-state index is 0.686. The summed E-state index contributed by atoms with van der Waals surface area (Å²) in [4.78, 5) is 2.15. The molecule has 68 valence electrons. The predicted molar refractivity (Wildman–Crippen MR) is 51.8 cm³/mol. The Morgan fingerprint density at radius 3 is 2.92 bits per heavy atom. The van der Waals surface area contributed by atoms with E-state index in [0.29, 0.717) is 6.54 Å². The molecule has 0 bridgehead atoms. The summed E-state index contributed by atoms with van der Waals surface area (Å²) in [5.41, 5.74) is 6.58. The quantitative estimate of drug-likeness (QED) is 0.855. The van der Waals surface area contributed by atoms with E-state index < -0.39 is 0 Å². The van der Waals surface area contributed by atoms with Gasteiger partial charge in [0.15, 0.2) is 4.67 Å². The largest absolute Gasteiger partial charge is 0.457 e. The second kappa shape index (κ2) is 4.64. The molecule has 3 nitrogen and oxygen atoms in total. The average Bonchev–Trinajstić information content (AvgIpc) is 2.37. The number of halogens is 1. The highest BCUT2D eigenvalue weighted by atomic mass is 79.9. The first kappa shape index (κ1) is 9.77.